The highest BCUT2D eigenvalue weighted by molar-refractivity contribution is 6.50. The molecular weight excluding hydrogens is 196 g/mol. The zero-order valence-corrected chi connectivity index (χ0v) is 10.2. The molecule has 0 radical (unpaired) electrons. The first-order valence-electron chi connectivity index (χ1n) is 5.80. The molecule has 2 aliphatic rings. The minimum atomic E-state index is 0.378. The molecule has 2 rings (SSSR count). The van der Waals surface area contributed by atoms with Gasteiger partial charge >= 0.3 is 0 Å². The summed E-state index contributed by atoms with van der Waals surface area (Å²) in [5.41, 5.74) is 4.75. The van der Waals surface area contributed by atoms with Crippen LogP contribution < -0.4 is 0 Å². The van der Waals surface area contributed by atoms with Crippen LogP contribution in [-0.2, 0) is 0 Å². The molecule has 2 nitrogen and oxygen atoms in total. The quantitative estimate of drug-likeness (QED) is 0.638. The number of hydrogen-bond donors (Lipinski definition) is 0. The molecular formula is C14H18N2. The van der Waals surface area contributed by atoms with Crippen molar-refractivity contribution in [2.45, 2.75) is 39.7 Å². The first kappa shape index (κ1) is 11.1. The van der Waals surface area contributed by atoms with Gasteiger partial charge in [0.25, 0.3) is 0 Å². The lowest BCUT2D eigenvalue weighted by Gasteiger charge is -2.15. The third-order valence-corrected chi connectivity index (χ3v) is 2.76. The van der Waals surface area contributed by atoms with Gasteiger partial charge in [0, 0.05) is 6.20 Å². The minimum Gasteiger partial charge on any atom is -0.280 e. The van der Waals surface area contributed by atoms with Crippen molar-refractivity contribution in [2.75, 3.05) is 0 Å². The van der Waals surface area contributed by atoms with Gasteiger partial charge in [0.1, 0.15) is 0 Å². The highest BCUT2D eigenvalue weighted by atomic mass is 14.8. The second kappa shape index (κ2) is 4.60. The van der Waals surface area contributed by atoms with E-state index in [0.717, 1.165) is 24.3 Å². The summed E-state index contributed by atoms with van der Waals surface area (Å²) in [5.74, 6) is 0. The summed E-state index contributed by atoms with van der Waals surface area (Å²) in [4.78, 5) is 9.11. The molecule has 1 atom stereocenters. The monoisotopic (exact) mass is 214 g/mol. The van der Waals surface area contributed by atoms with Gasteiger partial charge in [-0.3, -0.25) is 9.98 Å². The maximum Gasteiger partial charge on any atom is 0.0881 e. The Bertz CT molecular complexity index is 434. The van der Waals surface area contributed by atoms with E-state index in [2.05, 4.69) is 49.0 Å². The number of rotatable bonds is 1. The number of nitrogens with zero attached hydrogens (tertiary/aromatic N) is 2. The average molecular weight is 214 g/mol. The molecule has 2 heterocycles. The van der Waals surface area contributed by atoms with Gasteiger partial charge in [-0.05, 0) is 45.8 Å². The summed E-state index contributed by atoms with van der Waals surface area (Å²) >= 11 is 0. The molecule has 0 saturated heterocycles. The van der Waals surface area contributed by atoms with E-state index in [9.17, 15) is 0 Å². The topological polar surface area (TPSA) is 24.7 Å². The van der Waals surface area contributed by atoms with Crippen LogP contribution >= 0.6 is 0 Å². The summed E-state index contributed by atoms with van der Waals surface area (Å²) in [5, 5.41) is 0. The summed E-state index contributed by atoms with van der Waals surface area (Å²) in [6, 6.07) is 0.378. The van der Waals surface area contributed by atoms with Crippen LogP contribution in [-0.4, -0.2) is 17.5 Å². The Kier molecular flexibility index (Phi) is 3.18. The van der Waals surface area contributed by atoms with E-state index >= 15 is 0 Å². The molecule has 0 unspecified atom stereocenters. The normalized spacial score (nSPS) is 25.3. The van der Waals surface area contributed by atoms with Crippen LogP contribution in [0.5, 0.6) is 0 Å². The number of aliphatic imine (C=N–C) groups is 2. The van der Waals surface area contributed by atoms with Gasteiger partial charge in [-0.25, -0.2) is 0 Å². The Balaban J connectivity index is 2.34. The molecule has 16 heavy (non-hydrogen) atoms. The standard InChI is InChI=1S/C14H18N2/c1-10-5-4-6-15-13(8-10)14-9-11(2)7-12(3)16-14/h4,6,8-9,12H,5,7H2,1-3H3/t12-/m0/s1. The van der Waals surface area contributed by atoms with Crippen molar-refractivity contribution in [2.24, 2.45) is 9.98 Å². The maximum absolute atomic E-state index is 4.66. The van der Waals surface area contributed by atoms with Crippen molar-refractivity contribution >= 4 is 11.4 Å². The number of hydrogen-bond acceptors (Lipinski definition) is 2. The fourth-order valence-electron chi connectivity index (χ4n) is 2.06. The van der Waals surface area contributed by atoms with Crippen LogP contribution in [0.15, 0.2) is 45.6 Å². The van der Waals surface area contributed by atoms with Crippen LogP contribution in [0.2, 0.25) is 0 Å². The van der Waals surface area contributed by atoms with Crippen LogP contribution in [0.1, 0.15) is 33.6 Å². The van der Waals surface area contributed by atoms with Crippen LogP contribution in [0.3, 0.4) is 0 Å². The summed E-state index contributed by atoms with van der Waals surface area (Å²) in [6.07, 6.45) is 10.3. The Morgan fingerprint density at radius 3 is 2.62 bits per heavy atom. The summed E-state index contributed by atoms with van der Waals surface area (Å²) < 4.78 is 0. The zero-order chi connectivity index (χ0) is 11.5. The SMILES string of the molecule is CC1=CC(C2=N[C@@H](C)CC(C)=C2)=NC=CC1. The maximum atomic E-state index is 4.66. The third kappa shape index (κ3) is 2.57. The van der Waals surface area contributed by atoms with Crippen LogP contribution in [0, 0.1) is 0 Å². The van der Waals surface area contributed by atoms with E-state index in [0.29, 0.717) is 6.04 Å². The fraction of sp³-hybridized carbons (Fsp3) is 0.429. The minimum absolute atomic E-state index is 0.378. The van der Waals surface area contributed by atoms with Crippen molar-refractivity contribution in [3.8, 4) is 0 Å². The third-order valence-electron chi connectivity index (χ3n) is 2.76. The number of allylic oxidation sites excluding steroid dienone is 4. The van der Waals surface area contributed by atoms with E-state index in [1.165, 1.54) is 11.1 Å². The van der Waals surface area contributed by atoms with Crippen LogP contribution in [0.25, 0.3) is 0 Å². The molecule has 0 fully saturated rings. The molecule has 0 spiro atoms. The van der Waals surface area contributed by atoms with Gasteiger partial charge in [-0.15, -0.1) is 0 Å². The largest absolute Gasteiger partial charge is 0.280 e. The van der Waals surface area contributed by atoms with Crippen molar-refractivity contribution in [3.05, 3.63) is 35.6 Å². The van der Waals surface area contributed by atoms with Crippen molar-refractivity contribution in [1.82, 2.24) is 0 Å². The van der Waals surface area contributed by atoms with E-state index in [1.54, 1.807) is 0 Å². The Morgan fingerprint density at radius 2 is 1.88 bits per heavy atom. The van der Waals surface area contributed by atoms with Crippen molar-refractivity contribution in [1.29, 1.82) is 0 Å². The Hall–Kier alpha value is -1.44. The zero-order valence-electron chi connectivity index (χ0n) is 10.2. The van der Waals surface area contributed by atoms with Crippen molar-refractivity contribution in [3.63, 3.8) is 0 Å². The second-order valence-corrected chi connectivity index (χ2v) is 4.65. The highest BCUT2D eigenvalue weighted by Gasteiger charge is 2.13. The molecule has 0 aromatic rings. The molecule has 0 saturated carbocycles. The lowest BCUT2D eigenvalue weighted by Crippen LogP contribution is -2.17. The first-order valence-corrected chi connectivity index (χ1v) is 5.80. The van der Waals surface area contributed by atoms with Gasteiger partial charge in [-0.1, -0.05) is 17.2 Å². The predicted molar refractivity (Wildman–Crippen MR) is 70.2 cm³/mol. The highest BCUT2D eigenvalue weighted by Crippen LogP contribution is 2.16. The smallest absolute Gasteiger partial charge is 0.0881 e. The van der Waals surface area contributed by atoms with Gasteiger partial charge in [-0.2, -0.15) is 0 Å². The number of dihydropyridines is 1. The first-order chi connectivity index (χ1) is 7.65. The van der Waals surface area contributed by atoms with Gasteiger partial charge in [0.05, 0.1) is 17.5 Å². The lowest BCUT2D eigenvalue weighted by molar-refractivity contribution is 0.727. The van der Waals surface area contributed by atoms with E-state index in [4.69, 9.17) is 0 Å². The second-order valence-electron chi connectivity index (χ2n) is 4.65. The summed E-state index contributed by atoms with van der Waals surface area (Å²) in [6.45, 7) is 6.45. The lowest BCUT2D eigenvalue weighted by atomic mass is 10.0. The predicted octanol–water partition coefficient (Wildman–Crippen LogP) is 3.47. The molecule has 0 aliphatic carbocycles. The fourth-order valence-corrected chi connectivity index (χ4v) is 2.06. The van der Waals surface area contributed by atoms with Gasteiger partial charge in [0.2, 0.25) is 0 Å². The molecule has 0 amide bonds. The van der Waals surface area contributed by atoms with E-state index < -0.39 is 0 Å². The molecule has 2 aliphatic heterocycles. The molecule has 0 bridgehead atoms. The molecule has 0 N–H and O–H groups in total. The van der Waals surface area contributed by atoms with Crippen LogP contribution in [0.4, 0.5) is 0 Å². The van der Waals surface area contributed by atoms with Gasteiger partial charge in [0.15, 0.2) is 0 Å². The van der Waals surface area contributed by atoms with Gasteiger partial charge < -0.3 is 0 Å². The van der Waals surface area contributed by atoms with Crippen molar-refractivity contribution < 1.29 is 0 Å². The molecule has 84 valence electrons. The Labute approximate surface area is 97.2 Å². The molecule has 0 aromatic carbocycles. The van der Waals surface area contributed by atoms with E-state index in [-0.39, 0.29) is 0 Å². The molecule has 2 heteroatoms. The Morgan fingerprint density at radius 1 is 1.12 bits per heavy atom. The summed E-state index contributed by atoms with van der Waals surface area (Å²) in [7, 11) is 0. The van der Waals surface area contributed by atoms with E-state index in [1.807, 2.05) is 6.20 Å². The average Bonchev–Trinajstić information content (AvgIpc) is 2.41. The molecule has 0 aromatic heterocycles.